The number of hydrogen-bond acceptors (Lipinski definition) is 4. The molecule has 0 aliphatic carbocycles. The molecule has 1 aliphatic rings. The molecule has 7 heteroatoms. The van der Waals surface area contributed by atoms with Crippen LogP contribution in [0.25, 0.3) is 0 Å². The first-order valence-electron chi connectivity index (χ1n) is 7.33. The van der Waals surface area contributed by atoms with Crippen LogP contribution in [-0.2, 0) is 6.54 Å². The molecule has 116 valence electrons. The molecular weight excluding hydrogens is 272 g/mol. The molecule has 0 radical (unpaired) electrons. The zero-order valence-electron chi connectivity index (χ0n) is 12.5. The quantitative estimate of drug-likeness (QED) is 0.659. The molecule has 7 nitrogen and oxygen atoms in total. The van der Waals surface area contributed by atoms with Crippen LogP contribution in [0.1, 0.15) is 37.2 Å². The third kappa shape index (κ3) is 3.07. The predicted octanol–water partition coefficient (Wildman–Crippen LogP) is 1.62. The second-order valence-corrected chi connectivity index (χ2v) is 5.68. The fraction of sp³-hybridized carbons (Fsp3) is 0.643. The highest BCUT2D eigenvalue weighted by molar-refractivity contribution is 5.94. The number of carbonyl (C=O) groups excluding carboxylic acids is 1. The molecule has 2 unspecified atom stereocenters. The van der Waals surface area contributed by atoms with Gasteiger partial charge >= 0.3 is 0 Å². The number of carbonyl (C=O) groups is 1. The summed E-state index contributed by atoms with van der Waals surface area (Å²) in [6.07, 6.45) is 3.14. The fourth-order valence-corrected chi connectivity index (χ4v) is 2.94. The molecule has 21 heavy (non-hydrogen) atoms. The summed E-state index contributed by atoms with van der Waals surface area (Å²) in [5.74, 6) is 0.175. The van der Waals surface area contributed by atoms with Crippen LogP contribution in [0.5, 0.6) is 0 Å². The normalized spacial score (nSPS) is 21.8. The molecule has 1 aromatic rings. The minimum Gasteiger partial charge on any atom is -0.337 e. The predicted molar refractivity (Wildman–Crippen MR) is 79.0 cm³/mol. The number of likely N-dealkylation sites (tertiary alicyclic amines) is 1. The summed E-state index contributed by atoms with van der Waals surface area (Å²) in [5, 5.41) is 10.9. The zero-order valence-corrected chi connectivity index (χ0v) is 12.5. The van der Waals surface area contributed by atoms with Crippen LogP contribution in [0.4, 0.5) is 5.69 Å². The van der Waals surface area contributed by atoms with Crippen LogP contribution in [0, 0.1) is 16.0 Å². The second kappa shape index (κ2) is 6.26. The van der Waals surface area contributed by atoms with Gasteiger partial charge in [0, 0.05) is 25.2 Å². The molecule has 1 fully saturated rings. The van der Waals surface area contributed by atoms with Crippen molar-refractivity contribution in [1.82, 2.24) is 9.47 Å². The van der Waals surface area contributed by atoms with Crippen LogP contribution in [-0.4, -0.2) is 39.4 Å². The lowest BCUT2D eigenvalue weighted by molar-refractivity contribution is -0.384. The lowest BCUT2D eigenvalue weighted by Crippen LogP contribution is -2.35. The van der Waals surface area contributed by atoms with Gasteiger partial charge in [0.25, 0.3) is 11.6 Å². The van der Waals surface area contributed by atoms with Gasteiger partial charge in [-0.15, -0.1) is 0 Å². The second-order valence-electron chi connectivity index (χ2n) is 5.68. The Morgan fingerprint density at radius 3 is 2.81 bits per heavy atom. The van der Waals surface area contributed by atoms with Crippen LogP contribution in [0.3, 0.4) is 0 Å². The third-order valence-corrected chi connectivity index (χ3v) is 4.03. The van der Waals surface area contributed by atoms with Gasteiger partial charge in [-0.3, -0.25) is 14.9 Å². The number of nitrogens with two attached hydrogens (primary N) is 1. The van der Waals surface area contributed by atoms with Gasteiger partial charge in [0.15, 0.2) is 0 Å². The highest BCUT2D eigenvalue weighted by atomic mass is 16.6. The van der Waals surface area contributed by atoms with Crippen molar-refractivity contribution < 1.29 is 9.72 Å². The standard InChI is InChI=1S/C14H22N4O3/c1-3-4-16-9-12(18(20)21)6-13(16)14(19)17-8-11(7-15)5-10(17)2/h6,9-11H,3-5,7-8,15H2,1-2H3. The number of nitro groups is 1. The molecule has 0 spiro atoms. The van der Waals surface area contributed by atoms with E-state index in [-0.39, 0.29) is 17.6 Å². The van der Waals surface area contributed by atoms with Gasteiger partial charge in [-0.25, -0.2) is 0 Å². The first-order valence-corrected chi connectivity index (χ1v) is 7.33. The smallest absolute Gasteiger partial charge is 0.287 e. The molecule has 2 atom stereocenters. The molecule has 1 amide bonds. The Morgan fingerprint density at radius 2 is 2.29 bits per heavy atom. The van der Waals surface area contributed by atoms with Crippen molar-refractivity contribution in [3.05, 3.63) is 28.1 Å². The maximum absolute atomic E-state index is 12.7. The van der Waals surface area contributed by atoms with Crippen LogP contribution in [0.15, 0.2) is 12.3 Å². The van der Waals surface area contributed by atoms with Crippen molar-refractivity contribution >= 4 is 11.6 Å². The molecule has 2 heterocycles. The van der Waals surface area contributed by atoms with Gasteiger partial charge < -0.3 is 15.2 Å². The monoisotopic (exact) mass is 294 g/mol. The van der Waals surface area contributed by atoms with Gasteiger partial charge in [0.2, 0.25) is 0 Å². The fourth-order valence-electron chi connectivity index (χ4n) is 2.94. The van der Waals surface area contributed by atoms with E-state index in [9.17, 15) is 14.9 Å². The van der Waals surface area contributed by atoms with Gasteiger partial charge in [0.1, 0.15) is 5.69 Å². The van der Waals surface area contributed by atoms with E-state index in [1.165, 1.54) is 12.3 Å². The van der Waals surface area contributed by atoms with Crippen molar-refractivity contribution in [2.24, 2.45) is 11.7 Å². The summed E-state index contributed by atoms with van der Waals surface area (Å²) in [6.45, 7) is 5.75. The Kier molecular flexibility index (Phi) is 4.62. The largest absolute Gasteiger partial charge is 0.337 e. The van der Waals surface area contributed by atoms with Crippen LogP contribution >= 0.6 is 0 Å². The maximum Gasteiger partial charge on any atom is 0.287 e. The molecule has 1 aromatic heterocycles. The highest BCUT2D eigenvalue weighted by Gasteiger charge is 2.34. The summed E-state index contributed by atoms with van der Waals surface area (Å²) in [4.78, 5) is 24.9. The van der Waals surface area contributed by atoms with E-state index >= 15 is 0 Å². The summed E-state index contributed by atoms with van der Waals surface area (Å²) in [6, 6.07) is 1.50. The van der Waals surface area contributed by atoms with Crippen molar-refractivity contribution in [3.8, 4) is 0 Å². The summed E-state index contributed by atoms with van der Waals surface area (Å²) in [7, 11) is 0. The zero-order chi connectivity index (χ0) is 15.6. The Labute approximate surface area is 123 Å². The average Bonchev–Trinajstić information content (AvgIpc) is 3.02. The average molecular weight is 294 g/mol. The number of aromatic nitrogens is 1. The Bertz CT molecular complexity index is 540. The van der Waals surface area contributed by atoms with E-state index < -0.39 is 4.92 Å². The molecule has 2 N–H and O–H groups in total. The number of rotatable bonds is 5. The topological polar surface area (TPSA) is 94.4 Å². The highest BCUT2D eigenvalue weighted by Crippen LogP contribution is 2.26. The van der Waals surface area contributed by atoms with Gasteiger partial charge in [0.05, 0.1) is 11.1 Å². The maximum atomic E-state index is 12.7. The van der Waals surface area contributed by atoms with Crippen molar-refractivity contribution in [2.45, 2.75) is 39.3 Å². The first-order chi connectivity index (χ1) is 9.97. The van der Waals surface area contributed by atoms with Crippen molar-refractivity contribution in [3.63, 3.8) is 0 Å². The Balaban J connectivity index is 2.27. The number of aryl methyl sites for hydroxylation is 1. The van der Waals surface area contributed by atoms with Crippen molar-refractivity contribution in [2.75, 3.05) is 13.1 Å². The third-order valence-electron chi connectivity index (χ3n) is 4.03. The van der Waals surface area contributed by atoms with Gasteiger partial charge in [-0.05, 0) is 32.2 Å². The molecule has 1 aliphatic heterocycles. The molecule has 0 aromatic carbocycles. The van der Waals surface area contributed by atoms with Crippen LogP contribution < -0.4 is 5.73 Å². The molecular formula is C14H22N4O3. The molecule has 0 saturated carbocycles. The summed E-state index contributed by atoms with van der Waals surface area (Å²) in [5.41, 5.74) is 6.05. The van der Waals surface area contributed by atoms with E-state index in [0.29, 0.717) is 31.2 Å². The minimum atomic E-state index is -0.459. The molecule has 2 rings (SSSR count). The summed E-state index contributed by atoms with van der Waals surface area (Å²) < 4.78 is 1.68. The lowest BCUT2D eigenvalue weighted by Gasteiger charge is -2.22. The molecule has 0 bridgehead atoms. The SMILES string of the molecule is CCCn1cc([N+](=O)[O-])cc1C(=O)N1CC(CN)CC1C. The van der Waals surface area contributed by atoms with Crippen LogP contribution in [0.2, 0.25) is 0 Å². The molecule has 1 saturated heterocycles. The van der Waals surface area contributed by atoms with Gasteiger partial charge in [-0.2, -0.15) is 0 Å². The lowest BCUT2D eigenvalue weighted by atomic mass is 10.1. The van der Waals surface area contributed by atoms with E-state index in [4.69, 9.17) is 5.73 Å². The Morgan fingerprint density at radius 1 is 1.57 bits per heavy atom. The Hall–Kier alpha value is -1.89. The van der Waals surface area contributed by atoms with Crippen molar-refractivity contribution in [1.29, 1.82) is 0 Å². The van der Waals surface area contributed by atoms with E-state index in [1.54, 1.807) is 9.47 Å². The number of hydrogen-bond donors (Lipinski definition) is 1. The first kappa shape index (κ1) is 15.5. The minimum absolute atomic E-state index is 0.0333. The summed E-state index contributed by atoms with van der Waals surface area (Å²) >= 11 is 0. The van der Waals surface area contributed by atoms with E-state index in [0.717, 1.165) is 12.8 Å². The van der Waals surface area contributed by atoms with Gasteiger partial charge in [-0.1, -0.05) is 6.92 Å². The van der Waals surface area contributed by atoms with E-state index in [1.807, 2.05) is 13.8 Å². The van der Waals surface area contributed by atoms with E-state index in [2.05, 4.69) is 0 Å². The number of amides is 1. The number of nitrogens with zero attached hydrogens (tertiary/aromatic N) is 3.